The Morgan fingerprint density at radius 3 is 2.66 bits per heavy atom. The van der Waals surface area contributed by atoms with Crippen molar-refractivity contribution in [1.82, 2.24) is 15.5 Å². The summed E-state index contributed by atoms with van der Waals surface area (Å²) in [4.78, 5) is 27.1. The summed E-state index contributed by atoms with van der Waals surface area (Å²) >= 11 is 0. The van der Waals surface area contributed by atoms with Gasteiger partial charge in [0.25, 0.3) is 0 Å². The van der Waals surface area contributed by atoms with Crippen LogP contribution in [0.1, 0.15) is 23.1 Å². The van der Waals surface area contributed by atoms with E-state index in [4.69, 9.17) is 4.74 Å². The van der Waals surface area contributed by atoms with E-state index in [1.165, 1.54) is 11.1 Å². The fourth-order valence-electron chi connectivity index (χ4n) is 3.67. The predicted molar refractivity (Wildman–Crippen MR) is 113 cm³/mol. The Bertz CT molecular complexity index is 853. The Morgan fingerprint density at radius 2 is 1.90 bits per heavy atom. The van der Waals surface area contributed by atoms with Crippen LogP contribution in [0.25, 0.3) is 0 Å². The second-order valence-electron chi connectivity index (χ2n) is 7.32. The molecule has 0 aliphatic carbocycles. The summed E-state index contributed by atoms with van der Waals surface area (Å²) in [5, 5.41) is 5.83. The third kappa shape index (κ3) is 5.57. The van der Waals surface area contributed by atoms with Crippen LogP contribution in [0.2, 0.25) is 0 Å². The molecule has 2 aromatic carbocycles. The van der Waals surface area contributed by atoms with E-state index in [0.29, 0.717) is 26.1 Å². The molecule has 0 spiro atoms. The van der Waals surface area contributed by atoms with Crippen LogP contribution in [0, 0.1) is 6.92 Å². The van der Waals surface area contributed by atoms with Crippen LogP contribution >= 0.6 is 0 Å². The Hall–Kier alpha value is -2.86. The fourth-order valence-corrected chi connectivity index (χ4v) is 3.67. The molecule has 1 fully saturated rings. The molecule has 1 unspecified atom stereocenters. The first-order chi connectivity index (χ1) is 14.1. The monoisotopic (exact) mass is 395 g/mol. The number of carbonyl (C=O) groups excluding carboxylic acids is 2. The smallest absolute Gasteiger partial charge is 0.237 e. The molecule has 1 saturated heterocycles. The average molecular weight is 396 g/mol. The van der Waals surface area contributed by atoms with Crippen molar-refractivity contribution in [2.45, 2.75) is 32.4 Å². The zero-order valence-electron chi connectivity index (χ0n) is 17.1. The van der Waals surface area contributed by atoms with Crippen LogP contribution in [-0.4, -0.2) is 49.5 Å². The number of amides is 2. The SMILES string of the molecule is COc1ccccc1CCNC(=O)CC1C(=O)NCCN1Cc1ccccc1C. The molecule has 154 valence electrons. The van der Waals surface area contributed by atoms with Gasteiger partial charge in [0.2, 0.25) is 11.8 Å². The first-order valence-corrected chi connectivity index (χ1v) is 10.0. The van der Waals surface area contributed by atoms with Gasteiger partial charge in [0.15, 0.2) is 0 Å². The second kappa shape index (κ2) is 10.1. The van der Waals surface area contributed by atoms with Gasteiger partial charge in [0, 0.05) is 26.2 Å². The van der Waals surface area contributed by atoms with Crippen LogP contribution in [-0.2, 0) is 22.6 Å². The van der Waals surface area contributed by atoms with Crippen LogP contribution in [0.15, 0.2) is 48.5 Å². The summed E-state index contributed by atoms with van der Waals surface area (Å²) < 4.78 is 5.35. The van der Waals surface area contributed by atoms with Crippen LogP contribution in [0.5, 0.6) is 5.75 Å². The summed E-state index contributed by atoms with van der Waals surface area (Å²) in [7, 11) is 1.64. The van der Waals surface area contributed by atoms with Crippen molar-refractivity contribution >= 4 is 11.8 Å². The molecule has 1 aliphatic rings. The Morgan fingerprint density at radius 1 is 1.17 bits per heavy atom. The molecule has 2 aromatic rings. The van der Waals surface area contributed by atoms with Crippen molar-refractivity contribution in [3.05, 3.63) is 65.2 Å². The number of hydrogen-bond acceptors (Lipinski definition) is 4. The van der Waals surface area contributed by atoms with Gasteiger partial charge < -0.3 is 15.4 Å². The lowest BCUT2D eigenvalue weighted by Gasteiger charge is -2.35. The Labute approximate surface area is 172 Å². The van der Waals surface area contributed by atoms with Gasteiger partial charge in [-0.3, -0.25) is 14.5 Å². The first-order valence-electron chi connectivity index (χ1n) is 10.0. The number of benzene rings is 2. The minimum atomic E-state index is -0.449. The number of hydrogen-bond donors (Lipinski definition) is 2. The van der Waals surface area contributed by atoms with Gasteiger partial charge in [-0.05, 0) is 36.1 Å². The van der Waals surface area contributed by atoms with Crippen molar-refractivity contribution in [2.24, 2.45) is 0 Å². The topological polar surface area (TPSA) is 70.7 Å². The quantitative estimate of drug-likeness (QED) is 0.718. The standard InChI is InChI=1S/C23H29N3O3/c1-17-7-3-4-9-19(17)16-26-14-13-25-23(28)20(26)15-22(27)24-12-11-18-8-5-6-10-21(18)29-2/h3-10,20H,11-16H2,1-2H3,(H,24,27)(H,25,28). The van der Waals surface area contributed by atoms with Gasteiger partial charge in [-0.2, -0.15) is 0 Å². The number of nitrogens with one attached hydrogen (secondary N) is 2. The molecule has 0 bridgehead atoms. The number of rotatable bonds is 8. The van der Waals surface area contributed by atoms with E-state index in [1.54, 1.807) is 7.11 Å². The molecule has 1 aliphatic heterocycles. The molecule has 6 heteroatoms. The third-order valence-electron chi connectivity index (χ3n) is 5.36. The van der Waals surface area contributed by atoms with Gasteiger partial charge in [-0.25, -0.2) is 0 Å². The molecule has 0 radical (unpaired) electrons. The zero-order chi connectivity index (χ0) is 20.6. The van der Waals surface area contributed by atoms with Gasteiger partial charge in [0.05, 0.1) is 19.6 Å². The second-order valence-corrected chi connectivity index (χ2v) is 7.32. The van der Waals surface area contributed by atoms with Gasteiger partial charge in [0.1, 0.15) is 5.75 Å². The lowest BCUT2D eigenvalue weighted by Crippen LogP contribution is -2.56. The number of para-hydroxylation sites is 1. The highest BCUT2D eigenvalue weighted by Crippen LogP contribution is 2.18. The highest BCUT2D eigenvalue weighted by atomic mass is 16.5. The summed E-state index contributed by atoms with van der Waals surface area (Å²) in [6, 6.07) is 15.5. The fraction of sp³-hybridized carbons (Fsp3) is 0.391. The summed E-state index contributed by atoms with van der Waals surface area (Å²) in [5.41, 5.74) is 3.43. The first kappa shape index (κ1) is 20.9. The largest absolute Gasteiger partial charge is 0.496 e. The summed E-state index contributed by atoms with van der Waals surface area (Å²) in [6.45, 7) is 4.58. The lowest BCUT2D eigenvalue weighted by molar-refractivity contribution is -0.134. The number of methoxy groups -OCH3 is 1. The van der Waals surface area contributed by atoms with Crippen molar-refractivity contribution in [2.75, 3.05) is 26.7 Å². The van der Waals surface area contributed by atoms with E-state index >= 15 is 0 Å². The number of ether oxygens (including phenoxy) is 1. The van der Waals surface area contributed by atoms with Crippen LogP contribution in [0.4, 0.5) is 0 Å². The van der Waals surface area contributed by atoms with E-state index < -0.39 is 6.04 Å². The molecule has 3 rings (SSSR count). The zero-order valence-corrected chi connectivity index (χ0v) is 17.1. The molecule has 6 nitrogen and oxygen atoms in total. The predicted octanol–water partition coefficient (Wildman–Crippen LogP) is 2.05. The molecule has 0 aromatic heterocycles. The maximum absolute atomic E-state index is 12.5. The third-order valence-corrected chi connectivity index (χ3v) is 5.36. The van der Waals surface area contributed by atoms with Gasteiger partial charge >= 0.3 is 0 Å². The number of nitrogens with zero attached hydrogens (tertiary/aromatic N) is 1. The highest BCUT2D eigenvalue weighted by Gasteiger charge is 2.31. The van der Waals surface area contributed by atoms with Gasteiger partial charge in [-0.15, -0.1) is 0 Å². The molecule has 2 amide bonds. The molecule has 1 heterocycles. The molecule has 29 heavy (non-hydrogen) atoms. The van der Waals surface area contributed by atoms with Crippen molar-refractivity contribution in [3.63, 3.8) is 0 Å². The van der Waals surface area contributed by atoms with E-state index in [-0.39, 0.29) is 18.2 Å². The van der Waals surface area contributed by atoms with E-state index in [1.807, 2.05) is 36.4 Å². The van der Waals surface area contributed by atoms with Crippen molar-refractivity contribution in [3.8, 4) is 5.75 Å². The minimum absolute atomic E-state index is 0.0790. The van der Waals surface area contributed by atoms with Crippen LogP contribution in [0.3, 0.4) is 0 Å². The van der Waals surface area contributed by atoms with Crippen molar-refractivity contribution < 1.29 is 14.3 Å². The molecule has 1 atom stereocenters. The number of piperazine rings is 1. The minimum Gasteiger partial charge on any atom is -0.496 e. The molecule has 0 saturated carbocycles. The van der Waals surface area contributed by atoms with Gasteiger partial charge in [-0.1, -0.05) is 42.5 Å². The highest BCUT2D eigenvalue weighted by molar-refractivity contribution is 5.88. The van der Waals surface area contributed by atoms with Crippen LogP contribution < -0.4 is 15.4 Å². The number of aryl methyl sites for hydroxylation is 1. The van der Waals surface area contributed by atoms with E-state index in [0.717, 1.165) is 17.9 Å². The maximum atomic E-state index is 12.5. The summed E-state index contributed by atoms with van der Waals surface area (Å²) in [5.74, 6) is 0.624. The Kier molecular flexibility index (Phi) is 7.25. The molecular weight excluding hydrogens is 366 g/mol. The normalized spacial score (nSPS) is 16.9. The average Bonchev–Trinajstić information content (AvgIpc) is 2.72. The molecular formula is C23H29N3O3. The van der Waals surface area contributed by atoms with Crippen molar-refractivity contribution in [1.29, 1.82) is 0 Å². The maximum Gasteiger partial charge on any atom is 0.237 e. The Balaban J connectivity index is 1.56. The van der Waals surface area contributed by atoms with E-state index in [9.17, 15) is 9.59 Å². The molecule has 2 N–H and O–H groups in total. The van der Waals surface area contributed by atoms with E-state index in [2.05, 4.69) is 34.6 Å². The lowest BCUT2D eigenvalue weighted by atomic mass is 10.0. The summed E-state index contributed by atoms with van der Waals surface area (Å²) in [6.07, 6.45) is 0.836. The number of carbonyl (C=O) groups is 2.